The van der Waals surface area contributed by atoms with Crippen LogP contribution in [-0.2, 0) is 6.67 Å². The third kappa shape index (κ3) is 3.11. The maximum atomic E-state index is 9.86. The second-order valence-electron chi connectivity index (χ2n) is 6.60. The number of benzene rings is 1. The van der Waals surface area contributed by atoms with Crippen molar-refractivity contribution in [3.8, 4) is 5.69 Å². The topological polar surface area (TPSA) is 46.2 Å². The standard InChI is InChI=1S/C17H22N4OS/c22-15-7-4-10-19(11-15)12-20-17(23)21(14-5-2-1-3-6-14)16(18-20)13-8-9-13/h1-3,5-6,13,15,22H,4,7-12H2/t15-/m0/s1. The number of hydrogen-bond acceptors (Lipinski definition) is 4. The molecular weight excluding hydrogens is 308 g/mol. The number of para-hydroxylation sites is 1. The van der Waals surface area contributed by atoms with Crippen molar-refractivity contribution in [1.82, 2.24) is 19.2 Å². The Balaban J connectivity index is 1.67. The first-order chi connectivity index (χ1) is 11.2. The van der Waals surface area contributed by atoms with E-state index in [0.29, 0.717) is 19.1 Å². The summed E-state index contributed by atoms with van der Waals surface area (Å²) in [6.45, 7) is 2.37. The van der Waals surface area contributed by atoms with Crippen LogP contribution in [0.25, 0.3) is 5.69 Å². The molecule has 1 aliphatic heterocycles. The van der Waals surface area contributed by atoms with Crippen molar-refractivity contribution in [3.63, 3.8) is 0 Å². The molecule has 1 saturated carbocycles. The van der Waals surface area contributed by atoms with Gasteiger partial charge in [-0.2, -0.15) is 5.10 Å². The van der Waals surface area contributed by atoms with Gasteiger partial charge in [0.1, 0.15) is 5.82 Å². The van der Waals surface area contributed by atoms with Gasteiger partial charge in [0.2, 0.25) is 4.77 Å². The minimum absolute atomic E-state index is 0.225. The Hall–Kier alpha value is -1.50. The molecule has 0 radical (unpaired) electrons. The molecular formula is C17H22N4OS. The highest BCUT2D eigenvalue weighted by Gasteiger charge is 2.31. The van der Waals surface area contributed by atoms with Crippen LogP contribution >= 0.6 is 12.2 Å². The third-order valence-corrected chi connectivity index (χ3v) is 5.03. The van der Waals surface area contributed by atoms with Crippen LogP contribution in [0.3, 0.4) is 0 Å². The van der Waals surface area contributed by atoms with Crippen molar-refractivity contribution < 1.29 is 5.11 Å². The van der Waals surface area contributed by atoms with E-state index in [0.717, 1.165) is 35.7 Å². The van der Waals surface area contributed by atoms with Crippen LogP contribution < -0.4 is 0 Å². The van der Waals surface area contributed by atoms with Gasteiger partial charge >= 0.3 is 0 Å². The van der Waals surface area contributed by atoms with E-state index in [1.54, 1.807) is 0 Å². The van der Waals surface area contributed by atoms with Crippen molar-refractivity contribution in [2.45, 2.75) is 44.4 Å². The predicted molar refractivity (Wildman–Crippen MR) is 91.2 cm³/mol. The Morgan fingerprint density at radius 2 is 1.96 bits per heavy atom. The number of aromatic nitrogens is 3. The lowest BCUT2D eigenvalue weighted by atomic mass is 10.1. The fourth-order valence-electron chi connectivity index (χ4n) is 3.29. The molecule has 23 heavy (non-hydrogen) atoms. The molecule has 6 heteroatoms. The van der Waals surface area contributed by atoms with Crippen molar-refractivity contribution in [2.75, 3.05) is 13.1 Å². The molecule has 1 aliphatic carbocycles. The lowest BCUT2D eigenvalue weighted by Gasteiger charge is -2.29. The smallest absolute Gasteiger partial charge is 0.203 e. The molecule has 0 spiro atoms. The summed E-state index contributed by atoms with van der Waals surface area (Å²) in [6.07, 6.45) is 4.09. The van der Waals surface area contributed by atoms with Crippen LogP contribution in [-0.4, -0.2) is 43.5 Å². The van der Waals surface area contributed by atoms with Gasteiger partial charge in [-0.15, -0.1) is 0 Å². The van der Waals surface area contributed by atoms with Crippen molar-refractivity contribution >= 4 is 12.2 Å². The molecule has 1 N–H and O–H groups in total. The van der Waals surface area contributed by atoms with Gasteiger partial charge in [0, 0.05) is 24.7 Å². The zero-order chi connectivity index (χ0) is 15.8. The molecule has 0 amide bonds. The largest absolute Gasteiger partial charge is 0.392 e. The molecule has 4 rings (SSSR count). The minimum Gasteiger partial charge on any atom is -0.392 e. The van der Waals surface area contributed by atoms with Gasteiger partial charge < -0.3 is 5.11 Å². The fraction of sp³-hybridized carbons (Fsp3) is 0.529. The van der Waals surface area contributed by atoms with Crippen molar-refractivity contribution in [1.29, 1.82) is 0 Å². The van der Waals surface area contributed by atoms with Crippen LogP contribution in [0, 0.1) is 4.77 Å². The molecule has 2 fully saturated rings. The Kier molecular flexibility index (Phi) is 4.05. The maximum Gasteiger partial charge on any atom is 0.203 e. The van der Waals surface area contributed by atoms with Crippen LogP contribution in [0.1, 0.15) is 37.4 Å². The fourth-order valence-corrected chi connectivity index (χ4v) is 3.59. The van der Waals surface area contributed by atoms with E-state index in [1.165, 1.54) is 12.8 Å². The van der Waals surface area contributed by atoms with Crippen LogP contribution in [0.2, 0.25) is 0 Å². The molecule has 122 valence electrons. The zero-order valence-corrected chi connectivity index (χ0v) is 14.0. The molecule has 1 saturated heterocycles. The minimum atomic E-state index is -0.225. The average Bonchev–Trinajstić information content (AvgIpc) is 3.34. The molecule has 2 aliphatic rings. The monoisotopic (exact) mass is 330 g/mol. The predicted octanol–water partition coefficient (Wildman–Crippen LogP) is 2.69. The highest BCUT2D eigenvalue weighted by atomic mass is 32.1. The van der Waals surface area contributed by atoms with E-state index in [9.17, 15) is 5.11 Å². The Morgan fingerprint density at radius 1 is 1.17 bits per heavy atom. The second-order valence-corrected chi connectivity index (χ2v) is 6.97. The molecule has 2 aromatic rings. The third-order valence-electron chi connectivity index (χ3n) is 4.64. The molecule has 1 atom stereocenters. The second kappa shape index (κ2) is 6.19. The Labute approximate surface area is 141 Å². The Bertz CT molecular complexity index is 735. The average molecular weight is 330 g/mol. The normalized spacial score (nSPS) is 22.4. The van der Waals surface area contributed by atoms with Gasteiger partial charge in [0.05, 0.1) is 12.8 Å². The molecule has 0 unspecified atom stereocenters. The van der Waals surface area contributed by atoms with Gasteiger partial charge in [-0.05, 0) is 50.0 Å². The van der Waals surface area contributed by atoms with E-state index in [4.69, 9.17) is 17.3 Å². The summed E-state index contributed by atoms with van der Waals surface area (Å²) in [5, 5.41) is 14.7. The number of piperidine rings is 1. The van der Waals surface area contributed by atoms with Gasteiger partial charge in [0.15, 0.2) is 0 Å². The van der Waals surface area contributed by atoms with Gasteiger partial charge in [-0.25, -0.2) is 4.68 Å². The van der Waals surface area contributed by atoms with Gasteiger partial charge in [-0.1, -0.05) is 18.2 Å². The molecule has 5 nitrogen and oxygen atoms in total. The highest BCUT2D eigenvalue weighted by Crippen LogP contribution is 2.40. The first-order valence-corrected chi connectivity index (χ1v) is 8.79. The molecule has 2 heterocycles. The summed E-state index contributed by atoms with van der Waals surface area (Å²) >= 11 is 5.71. The van der Waals surface area contributed by atoms with E-state index in [-0.39, 0.29) is 6.10 Å². The first-order valence-electron chi connectivity index (χ1n) is 8.38. The molecule has 1 aromatic heterocycles. The van der Waals surface area contributed by atoms with E-state index >= 15 is 0 Å². The number of aliphatic hydroxyl groups is 1. The summed E-state index contributed by atoms with van der Waals surface area (Å²) < 4.78 is 4.79. The number of nitrogens with zero attached hydrogens (tertiary/aromatic N) is 4. The van der Waals surface area contributed by atoms with Crippen LogP contribution in [0.4, 0.5) is 0 Å². The quantitative estimate of drug-likeness (QED) is 0.876. The van der Waals surface area contributed by atoms with Crippen LogP contribution in [0.15, 0.2) is 30.3 Å². The number of rotatable bonds is 4. The van der Waals surface area contributed by atoms with Crippen LogP contribution in [0.5, 0.6) is 0 Å². The van der Waals surface area contributed by atoms with E-state index in [2.05, 4.69) is 21.6 Å². The van der Waals surface area contributed by atoms with Crippen molar-refractivity contribution in [3.05, 3.63) is 40.9 Å². The summed E-state index contributed by atoms with van der Waals surface area (Å²) in [4.78, 5) is 2.24. The molecule has 0 bridgehead atoms. The zero-order valence-electron chi connectivity index (χ0n) is 13.1. The maximum absolute atomic E-state index is 9.86. The number of hydrogen-bond donors (Lipinski definition) is 1. The summed E-state index contributed by atoms with van der Waals surface area (Å²) in [5.41, 5.74) is 1.09. The first kappa shape index (κ1) is 15.1. The van der Waals surface area contributed by atoms with Gasteiger partial charge in [-0.3, -0.25) is 9.47 Å². The lowest BCUT2D eigenvalue weighted by molar-refractivity contribution is 0.0512. The number of likely N-dealkylation sites (tertiary alicyclic amines) is 1. The van der Waals surface area contributed by atoms with Gasteiger partial charge in [0.25, 0.3) is 0 Å². The number of aliphatic hydroxyl groups excluding tert-OH is 1. The number of β-amino-alcohol motifs (C(OH)–C–C–N with tert-alkyl or cyclic N) is 1. The SMILES string of the molecule is O[C@H]1CCCN(Cn2nc(C3CC3)n(-c3ccccc3)c2=S)C1. The summed E-state index contributed by atoms with van der Waals surface area (Å²) in [6, 6.07) is 10.2. The van der Waals surface area contributed by atoms with Crippen molar-refractivity contribution in [2.24, 2.45) is 0 Å². The Morgan fingerprint density at radius 3 is 2.65 bits per heavy atom. The molecule has 1 aromatic carbocycles. The summed E-state index contributed by atoms with van der Waals surface area (Å²) in [5.74, 6) is 1.61. The van der Waals surface area contributed by atoms with E-state index < -0.39 is 0 Å². The van der Waals surface area contributed by atoms with E-state index in [1.807, 2.05) is 22.9 Å². The highest BCUT2D eigenvalue weighted by molar-refractivity contribution is 7.71. The lowest BCUT2D eigenvalue weighted by Crippen LogP contribution is -2.39. The summed E-state index contributed by atoms with van der Waals surface area (Å²) in [7, 11) is 0.